The van der Waals surface area contributed by atoms with Crippen LogP contribution < -0.4 is 0 Å². The molecule has 0 radical (unpaired) electrons. The highest BCUT2D eigenvalue weighted by Gasteiger charge is 2.11. The van der Waals surface area contributed by atoms with E-state index in [1.165, 1.54) is 12.1 Å². The van der Waals surface area contributed by atoms with Crippen LogP contribution in [0.15, 0.2) is 79.0 Å². The number of para-hydroxylation sites is 1. The van der Waals surface area contributed by atoms with Crippen LogP contribution in [0.3, 0.4) is 0 Å². The van der Waals surface area contributed by atoms with Gasteiger partial charge in [-0.05, 0) is 23.8 Å². The van der Waals surface area contributed by atoms with Crippen molar-refractivity contribution < 1.29 is 4.92 Å². The Balaban J connectivity index is 1.76. The van der Waals surface area contributed by atoms with Crippen LogP contribution in [-0.4, -0.2) is 9.49 Å². The summed E-state index contributed by atoms with van der Waals surface area (Å²) in [6.07, 6.45) is 3.83. The quantitative estimate of drug-likeness (QED) is 0.218. The van der Waals surface area contributed by atoms with Crippen molar-refractivity contribution in [3.05, 3.63) is 111 Å². The molecule has 4 aromatic rings. The maximum atomic E-state index is 10.9. The van der Waals surface area contributed by atoms with Gasteiger partial charge in [0.2, 0.25) is 0 Å². The largest absolute Gasteiger partial charge is 0.342 e. The van der Waals surface area contributed by atoms with Gasteiger partial charge in [0.1, 0.15) is 0 Å². The highest BCUT2D eigenvalue weighted by Crippen LogP contribution is 2.29. The molecule has 0 amide bonds. The van der Waals surface area contributed by atoms with E-state index in [0.717, 1.165) is 22.0 Å². The molecular formula is C24H16ClN3O2. The van der Waals surface area contributed by atoms with Crippen molar-refractivity contribution in [1.29, 1.82) is 5.26 Å². The third-order valence-electron chi connectivity index (χ3n) is 4.90. The number of nitriles is 1. The molecule has 1 heterocycles. The monoisotopic (exact) mass is 413 g/mol. The van der Waals surface area contributed by atoms with E-state index in [-0.39, 0.29) is 5.69 Å². The van der Waals surface area contributed by atoms with Crippen LogP contribution in [0.1, 0.15) is 16.7 Å². The first-order valence-corrected chi connectivity index (χ1v) is 9.62. The minimum absolute atomic E-state index is 0.0677. The van der Waals surface area contributed by atoms with Crippen molar-refractivity contribution in [3.63, 3.8) is 0 Å². The van der Waals surface area contributed by atoms with Gasteiger partial charge in [0, 0.05) is 51.9 Å². The number of halogens is 1. The van der Waals surface area contributed by atoms with Crippen LogP contribution in [0, 0.1) is 21.4 Å². The number of fused-ring (bicyclic) bond motifs is 1. The fourth-order valence-electron chi connectivity index (χ4n) is 3.45. The number of non-ortho nitro benzene ring substituents is 1. The molecular weight excluding hydrogens is 398 g/mol. The first-order chi connectivity index (χ1) is 14.6. The molecule has 0 saturated carbocycles. The summed E-state index contributed by atoms with van der Waals surface area (Å²) in [5.41, 5.74) is 4.11. The molecule has 0 aliphatic carbocycles. The average Bonchev–Trinajstić information content (AvgIpc) is 3.10. The first kappa shape index (κ1) is 19.4. The van der Waals surface area contributed by atoms with Crippen molar-refractivity contribution in [2.24, 2.45) is 0 Å². The van der Waals surface area contributed by atoms with Gasteiger partial charge in [0.05, 0.1) is 16.6 Å². The van der Waals surface area contributed by atoms with E-state index in [9.17, 15) is 15.4 Å². The smallest absolute Gasteiger partial charge is 0.269 e. The van der Waals surface area contributed by atoms with Gasteiger partial charge in [-0.3, -0.25) is 10.1 Å². The molecule has 0 aliphatic rings. The number of allylic oxidation sites excluding steroid dienone is 1. The van der Waals surface area contributed by atoms with Crippen LogP contribution in [0.4, 0.5) is 5.69 Å². The number of nitro benzene ring substituents is 1. The van der Waals surface area contributed by atoms with E-state index in [1.807, 2.05) is 54.7 Å². The average molecular weight is 414 g/mol. The van der Waals surface area contributed by atoms with E-state index in [1.54, 1.807) is 18.2 Å². The van der Waals surface area contributed by atoms with Crippen molar-refractivity contribution in [2.45, 2.75) is 6.54 Å². The summed E-state index contributed by atoms with van der Waals surface area (Å²) in [5, 5.41) is 22.1. The zero-order chi connectivity index (χ0) is 21.1. The minimum Gasteiger partial charge on any atom is -0.342 e. The van der Waals surface area contributed by atoms with Crippen LogP contribution in [0.25, 0.3) is 22.6 Å². The molecule has 4 rings (SSSR count). The van der Waals surface area contributed by atoms with Gasteiger partial charge in [-0.25, -0.2) is 0 Å². The minimum atomic E-state index is -0.407. The molecule has 0 atom stereocenters. The van der Waals surface area contributed by atoms with Gasteiger partial charge in [-0.2, -0.15) is 5.26 Å². The standard InChI is InChI=1S/C24H16ClN3O2/c25-23-7-3-1-5-21(23)18(14-26)13-19-16-27(24-8-4-2-6-22(19)24)15-17-9-11-20(12-10-17)28(29)30/h1-13,16H,15H2. The van der Waals surface area contributed by atoms with Gasteiger partial charge >= 0.3 is 0 Å². The lowest BCUT2D eigenvalue weighted by molar-refractivity contribution is -0.384. The summed E-state index contributed by atoms with van der Waals surface area (Å²) in [6.45, 7) is 0.556. The van der Waals surface area contributed by atoms with Gasteiger partial charge < -0.3 is 4.57 Å². The van der Waals surface area contributed by atoms with Gasteiger partial charge in [0.15, 0.2) is 0 Å². The number of aromatic nitrogens is 1. The van der Waals surface area contributed by atoms with Crippen LogP contribution >= 0.6 is 11.6 Å². The second-order valence-electron chi connectivity index (χ2n) is 6.80. The third kappa shape index (κ3) is 3.82. The highest BCUT2D eigenvalue weighted by atomic mass is 35.5. The summed E-state index contributed by atoms with van der Waals surface area (Å²) >= 11 is 6.28. The van der Waals surface area contributed by atoms with Crippen LogP contribution in [0.5, 0.6) is 0 Å². The summed E-state index contributed by atoms with van der Waals surface area (Å²) in [7, 11) is 0. The Hall–Kier alpha value is -3.88. The zero-order valence-corrected chi connectivity index (χ0v) is 16.6. The van der Waals surface area contributed by atoms with Gasteiger partial charge in [-0.15, -0.1) is 0 Å². The van der Waals surface area contributed by atoms with E-state index >= 15 is 0 Å². The molecule has 0 fully saturated rings. The Morgan fingerprint density at radius 1 is 1.07 bits per heavy atom. The van der Waals surface area contributed by atoms with Gasteiger partial charge in [-0.1, -0.05) is 60.1 Å². The number of rotatable bonds is 5. The van der Waals surface area contributed by atoms with Crippen molar-refractivity contribution >= 4 is 39.8 Å². The fraction of sp³-hybridized carbons (Fsp3) is 0.0417. The number of benzene rings is 3. The predicted octanol–water partition coefficient (Wildman–Crippen LogP) is 6.32. The Kier molecular flexibility index (Phi) is 5.34. The number of nitrogens with zero attached hydrogens (tertiary/aromatic N) is 3. The first-order valence-electron chi connectivity index (χ1n) is 9.25. The zero-order valence-electron chi connectivity index (χ0n) is 15.8. The van der Waals surface area contributed by atoms with Crippen LogP contribution in [-0.2, 0) is 6.54 Å². The molecule has 146 valence electrons. The summed E-state index contributed by atoms with van der Waals surface area (Å²) in [6, 6.07) is 24.0. The number of nitro groups is 1. The lowest BCUT2D eigenvalue weighted by Crippen LogP contribution is -1.98. The summed E-state index contributed by atoms with van der Waals surface area (Å²) in [4.78, 5) is 10.5. The SMILES string of the molecule is N#CC(=Cc1cn(Cc2ccc([N+](=O)[O-])cc2)c2ccccc12)c1ccccc1Cl. The second-order valence-corrected chi connectivity index (χ2v) is 7.21. The Labute approximate surface area is 178 Å². The molecule has 0 aliphatic heterocycles. The van der Waals surface area contributed by atoms with Crippen LogP contribution in [0.2, 0.25) is 5.02 Å². The normalized spacial score (nSPS) is 11.4. The Morgan fingerprint density at radius 2 is 1.77 bits per heavy atom. The molecule has 6 heteroatoms. The summed E-state index contributed by atoms with van der Waals surface area (Å²) in [5.74, 6) is 0. The van der Waals surface area contributed by atoms with E-state index < -0.39 is 4.92 Å². The fourth-order valence-corrected chi connectivity index (χ4v) is 3.68. The van der Waals surface area contributed by atoms with E-state index in [4.69, 9.17) is 11.6 Å². The topological polar surface area (TPSA) is 71.9 Å². The molecule has 0 bridgehead atoms. The van der Waals surface area contributed by atoms with E-state index in [2.05, 4.69) is 10.6 Å². The lowest BCUT2D eigenvalue weighted by Gasteiger charge is -2.05. The lowest BCUT2D eigenvalue weighted by atomic mass is 10.0. The maximum Gasteiger partial charge on any atom is 0.269 e. The Bertz CT molecular complexity index is 1310. The molecule has 0 unspecified atom stereocenters. The molecule has 5 nitrogen and oxygen atoms in total. The molecule has 0 N–H and O–H groups in total. The predicted molar refractivity (Wildman–Crippen MR) is 119 cm³/mol. The second kappa shape index (κ2) is 8.24. The Morgan fingerprint density at radius 3 is 2.47 bits per heavy atom. The van der Waals surface area contributed by atoms with Crippen molar-refractivity contribution in [1.82, 2.24) is 4.57 Å². The summed E-state index contributed by atoms with van der Waals surface area (Å²) < 4.78 is 2.07. The number of hydrogen-bond acceptors (Lipinski definition) is 3. The highest BCUT2D eigenvalue weighted by molar-refractivity contribution is 6.32. The third-order valence-corrected chi connectivity index (χ3v) is 5.23. The van der Waals surface area contributed by atoms with Crippen molar-refractivity contribution in [3.8, 4) is 6.07 Å². The number of hydrogen-bond donors (Lipinski definition) is 0. The van der Waals surface area contributed by atoms with Gasteiger partial charge in [0.25, 0.3) is 5.69 Å². The molecule has 30 heavy (non-hydrogen) atoms. The maximum absolute atomic E-state index is 10.9. The molecule has 0 spiro atoms. The molecule has 3 aromatic carbocycles. The molecule has 0 saturated heterocycles. The molecule has 1 aromatic heterocycles. The van der Waals surface area contributed by atoms with Crippen molar-refractivity contribution in [2.75, 3.05) is 0 Å². The van der Waals surface area contributed by atoms with E-state index in [0.29, 0.717) is 22.7 Å².